The van der Waals surface area contributed by atoms with Gasteiger partial charge >= 0.3 is 0 Å². The molecule has 1 aliphatic heterocycles. The molecule has 1 nitrogen and oxygen atoms in total. The Balaban J connectivity index is 2.07. The maximum atomic E-state index is 5.33. The molecule has 1 aliphatic rings. The summed E-state index contributed by atoms with van der Waals surface area (Å²) in [5.74, 6) is 2.66. The third-order valence-corrected chi connectivity index (χ3v) is 2.45. The molecule has 0 bridgehead atoms. The van der Waals surface area contributed by atoms with Crippen LogP contribution in [0.15, 0.2) is 24.3 Å². The molecule has 1 aromatic carbocycles. The zero-order valence-corrected chi connectivity index (χ0v) is 7.66. The van der Waals surface area contributed by atoms with E-state index in [1.165, 1.54) is 25.1 Å². The van der Waals surface area contributed by atoms with Crippen molar-refractivity contribution >= 4 is 0 Å². The Kier molecular flexibility index (Phi) is 2.33. The average molecular weight is 171 g/mol. The maximum Gasteiger partial charge on any atom is 0.0245 e. The molecule has 66 valence electrons. The lowest BCUT2D eigenvalue weighted by Crippen LogP contribution is -2.36. The van der Waals surface area contributed by atoms with Crippen molar-refractivity contribution in [2.45, 2.75) is 13.0 Å². The molecule has 1 fully saturated rings. The van der Waals surface area contributed by atoms with Gasteiger partial charge in [0, 0.05) is 12.1 Å². The number of rotatable bonds is 2. The van der Waals surface area contributed by atoms with E-state index in [9.17, 15) is 0 Å². The van der Waals surface area contributed by atoms with Crippen LogP contribution in [-0.4, -0.2) is 18.0 Å². The highest BCUT2D eigenvalue weighted by atomic mass is 15.2. The highest BCUT2D eigenvalue weighted by Gasteiger charge is 2.13. The van der Waals surface area contributed by atoms with Crippen molar-refractivity contribution in [3.8, 4) is 12.3 Å². The first-order valence-corrected chi connectivity index (χ1v) is 4.66. The number of terminal acetylenes is 1. The van der Waals surface area contributed by atoms with Gasteiger partial charge in [-0.1, -0.05) is 18.1 Å². The minimum absolute atomic E-state index is 0.984. The Labute approximate surface area is 79.4 Å². The van der Waals surface area contributed by atoms with Gasteiger partial charge in [-0.15, -0.1) is 6.42 Å². The molecule has 1 saturated heterocycles. The summed E-state index contributed by atoms with van der Waals surface area (Å²) in [5.41, 5.74) is 2.31. The van der Waals surface area contributed by atoms with Gasteiger partial charge in [0.05, 0.1) is 0 Å². The smallest absolute Gasteiger partial charge is 0.0245 e. The Bertz CT molecular complexity index is 331. The van der Waals surface area contributed by atoms with Gasteiger partial charge in [-0.05, 0) is 37.2 Å². The van der Waals surface area contributed by atoms with E-state index in [-0.39, 0.29) is 0 Å². The summed E-state index contributed by atoms with van der Waals surface area (Å²) in [6, 6.07) is 8.24. The molecule has 1 aromatic rings. The number of nitrogens with zero attached hydrogens (tertiary/aromatic N) is 1. The predicted molar refractivity (Wildman–Crippen MR) is 54.3 cm³/mol. The van der Waals surface area contributed by atoms with Crippen molar-refractivity contribution in [1.29, 1.82) is 0 Å². The van der Waals surface area contributed by atoms with E-state index in [1.54, 1.807) is 0 Å². The molecule has 0 N–H and O–H groups in total. The second kappa shape index (κ2) is 3.64. The van der Waals surface area contributed by atoms with Crippen LogP contribution in [0, 0.1) is 12.3 Å². The highest BCUT2D eigenvalue weighted by Crippen LogP contribution is 2.12. The second-order valence-corrected chi connectivity index (χ2v) is 3.47. The van der Waals surface area contributed by atoms with Gasteiger partial charge in [0.15, 0.2) is 0 Å². The van der Waals surface area contributed by atoms with Crippen molar-refractivity contribution in [3.05, 3.63) is 35.4 Å². The molecule has 13 heavy (non-hydrogen) atoms. The summed E-state index contributed by atoms with van der Waals surface area (Å²) in [5, 5.41) is 0. The van der Waals surface area contributed by atoms with Gasteiger partial charge in [-0.3, -0.25) is 4.90 Å². The quantitative estimate of drug-likeness (QED) is 0.614. The fraction of sp³-hybridized carbons (Fsp3) is 0.333. The fourth-order valence-corrected chi connectivity index (χ4v) is 1.56. The largest absolute Gasteiger partial charge is 0.299 e. The molecular formula is C12H13N. The topological polar surface area (TPSA) is 3.24 Å². The zero-order valence-electron chi connectivity index (χ0n) is 7.66. The predicted octanol–water partition coefficient (Wildman–Crippen LogP) is 1.87. The first-order chi connectivity index (χ1) is 6.38. The van der Waals surface area contributed by atoms with Gasteiger partial charge in [-0.2, -0.15) is 0 Å². The Morgan fingerprint density at radius 3 is 2.85 bits per heavy atom. The van der Waals surface area contributed by atoms with Crippen LogP contribution >= 0.6 is 0 Å². The summed E-state index contributed by atoms with van der Waals surface area (Å²) in [6.07, 6.45) is 6.67. The lowest BCUT2D eigenvalue weighted by atomic mass is 10.1. The third-order valence-electron chi connectivity index (χ3n) is 2.45. The van der Waals surface area contributed by atoms with E-state index in [0.717, 1.165) is 12.1 Å². The van der Waals surface area contributed by atoms with E-state index < -0.39 is 0 Å². The van der Waals surface area contributed by atoms with Crippen LogP contribution in [0.2, 0.25) is 0 Å². The molecule has 1 heterocycles. The van der Waals surface area contributed by atoms with Crippen LogP contribution in [0.3, 0.4) is 0 Å². The average Bonchev–Trinajstić information content (AvgIpc) is 2.12. The maximum absolute atomic E-state index is 5.33. The lowest BCUT2D eigenvalue weighted by Gasteiger charge is -2.30. The van der Waals surface area contributed by atoms with Crippen molar-refractivity contribution < 1.29 is 0 Å². The van der Waals surface area contributed by atoms with Crippen LogP contribution in [-0.2, 0) is 6.54 Å². The molecule has 0 radical (unpaired) electrons. The number of hydrogen-bond acceptors (Lipinski definition) is 1. The first-order valence-electron chi connectivity index (χ1n) is 4.66. The zero-order chi connectivity index (χ0) is 9.10. The van der Waals surface area contributed by atoms with Crippen molar-refractivity contribution in [2.75, 3.05) is 13.1 Å². The van der Waals surface area contributed by atoms with Gasteiger partial charge in [0.2, 0.25) is 0 Å². The monoisotopic (exact) mass is 171 g/mol. The molecule has 1 heteroatoms. The summed E-state index contributed by atoms with van der Waals surface area (Å²) in [7, 11) is 0. The number of hydrogen-bond donors (Lipinski definition) is 0. The van der Waals surface area contributed by atoms with E-state index in [1.807, 2.05) is 12.1 Å². The molecule has 0 aliphatic carbocycles. The molecule has 0 atom stereocenters. The van der Waals surface area contributed by atoms with Gasteiger partial charge in [-0.25, -0.2) is 0 Å². The SMILES string of the molecule is C#Cc1cccc(CN2CCC2)c1. The lowest BCUT2D eigenvalue weighted by molar-refractivity contribution is 0.172. The molecule has 2 rings (SSSR count). The van der Waals surface area contributed by atoms with Crippen LogP contribution in [0.1, 0.15) is 17.5 Å². The third kappa shape index (κ3) is 1.91. The minimum Gasteiger partial charge on any atom is -0.299 e. The van der Waals surface area contributed by atoms with Crippen LogP contribution in [0.4, 0.5) is 0 Å². The molecule has 0 spiro atoms. The van der Waals surface area contributed by atoms with Crippen LogP contribution in [0.25, 0.3) is 0 Å². The van der Waals surface area contributed by atoms with E-state index in [2.05, 4.69) is 23.0 Å². The standard InChI is InChI=1S/C12H13N/c1-2-11-5-3-6-12(9-11)10-13-7-4-8-13/h1,3,5-6,9H,4,7-8,10H2. The van der Waals surface area contributed by atoms with E-state index in [4.69, 9.17) is 6.42 Å². The molecule has 0 aromatic heterocycles. The molecule has 0 saturated carbocycles. The molecular weight excluding hydrogens is 158 g/mol. The Hall–Kier alpha value is -1.26. The van der Waals surface area contributed by atoms with Gasteiger partial charge in [0.25, 0.3) is 0 Å². The van der Waals surface area contributed by atoms with Crippen molar-refractivity contribution in [2.24, 2.45) is 0 Å². The molecule has 0 amide bonds. The van der Waals surface area contributed by atoms with E-state index in [0.29, 0.717) is 0 Å². The summed E-state index contributed by atoms with van der Waals surface area (Å²) >= 11 is 0. The first kappa shape index (κ1) is 8.34. The highest BCUT2D eigenvalue weighted by molar-refractivity contribution is 5.35. The van der Waals surface area contributed by atoms with Gasteiger partial charge in [0.1, 0.15) is 0 Å². The Morgan fingerprint density at radius 1 is 1.38 bits per heavy atom. The number of benzene rings is 1. The summed E-state index contributed by atoms with van der Waals surface area (Å²) < 4.78 is 0. The molecule has 0 unspecified atom stereocenters. The summed E-state index contributed by atoms with van der Waals surface area (Å²) in [6.45, 7) is 3.52. The van der Waals surface area contributed by atoms with Crippen LogP contribution < -0.4 is 0 Å². The van der Waals surface area contributed by atoms with E-state index >= 15 is 0 Å². The normalized spacial score (nSPS) is 16.2. The van der Waals surface area contributed by atoms with Crippen molar-refractivity contribution in [3.63, 3.8) is 0 Å². The Morgan fingerprint density at radius 2 is 2.23 bits per heavy atom. The van der Waals surface area contributed by atoms with Gasteiger partial charge < -0.3 is 0 Å². The second-order valence-electron chi connectivity index (χ2n) is 3.47. The fourth-order valence-electron chi connectivity index (χ4n) is 1.56. The minimum atomic E-state index is 0.984. The van der Waals surface area contributed by atoms with Crippen LogP contribution in [0.5, 0.6) is 0 Å². The van der Waals surface area contributed by atoms with Crippen molar-refractivity contribution in [1.82, 2.24) is 4.90 Å². The summed E-state index contributed by atoms with van der Waals surface area (Å²) in [4.78, 5) is 2.43. The number of likely N-dealkylation sites (tertiary alicyclic amines) is 1.